The molecule has 0 bridgehead atoms. The number of unbranched alkanes of at least 4 members (excludes halogenated alkanes) is 21. The van der Waals surface area contributed by atoms with Gasteiger partial charge in [0.2, 0.25) is 0 Å². The summed E-state index contributed by atoms with van der Waals surface area (Å²) < 4.78 is 39.6. The Bertz CT molecular complexity index is 1920. The maximum absolute atomic E-state index is 13.0. The molecule has 84 heavy (non-hydrogen) atoms. The summed E-state index contributed by atoms with van der Waals surface area (Å²) in [5.41, 5.74) is 0. The normalized spacial score (nSPS) is 14.1. The van der Waals surface area contributed by atoms with Crippen molar-refractivity contribution in [2.75, 3.05) is 26.4 Å². The third-order valence-corrected chi connectivity index (χ3v) is 14.5. The van der Waals surface area contributed by atoms with E-state index in [0.29, 0.717) is 25.7 Å². The van der Waals surface area contributed by atoms with Gasteiger partial charge in [-0.3, -0.25) is 23.4 Å². The molecular weight excluding hydrogens is 1070 g/mol. The molecule has 0 aliphatic rings. The van der Waals surface area contributed by atoms with Gasteiger partial charge in [-0.05, 0) is 103 Å². The quantitative estimate of drug-likeness (QED) is 0.0197. The second-order valence-electron chi connectivity index (χ2n) is 21.5. The zero-order valence-electron chi connectivity index (χ0n) is 53.1. The summed E-state index contributed by atoms with van der Waals surface area (Å²) in [7, 11) is -4.79. The molecule has 11 nitrogen and oxygen atoms in total. The summed E-state index contributed by atoms with van der Waals surface area (Å²) >= 11 is 0. The fourth-order valence-corrected chi connectivity index (χ4v) is 9.43. The van der Waals surface area contributed by atoms with Gasteiger partial charge in [-0.15, -0.1) is 0 Å². The minimum atomic E-state index is -4.79. The van der Waals surface area contributed by atoms with Crippen LogP contribution in [0.5, 0.6) is 0 Å². The predicted octanol–water partition coefficient (Wildman–Crippen LogP) is 20.5. The number of allylic oxidation sites excluding steroid dienone is 22. The second-order valence-corrected chi connectivity index (χ2v) is 23.0. The number of hydrogen-bond donors (Lipinski definition) is 2. The van der Waals surface area contributed by atoms with Crippen molar-refractivity contribution in [3.63, 3.8) is 0 Å². The van der Waals surface area contributed by atoms with Gasteiger partial charge in [0.25, 0.3) is 0 Å². The van der Waals surface area contributed by atoms with Gasteiger partial charge in [-0.2, -0.15) is 0 Å². The van der Waals surface area contributed by atoms with Crippen LogP contribution in [0.15, 0.2) is 134 Å². The van der Waals surface area contributed by atoms with Gasteiger partial charge in [-0.25, -0.2) is 4.57 Å². The summed E-state index contributed by atoms with van der Waals surface area (Å²) in [6, 6.07) is 0. The highest BCUT2D eigenvalue weighted by Gasteiger charge is 2.28. The Morgan fingerprint density at radius 2 is 0.643 bits per heavy atom. The highest BCUT2D eigenvalue weighted by molar-refractivity contribution is 7.47. The maximum atomic E-state index is 13.0. The molecule has 0 saturated carbocycles. The van der Waals surface area contributed by atoms with Crippen LogP contribution in [-0.2, 0) is 42.2 Å². The molecule has 0 spiro atoms. The van der Waals surface area contributed by atoms with E-state index in [-0.39, 0.29) is 25.9 Å². The number of aliphatic hydroxyl groups excluding tert-OH is 1. The predicted molar refractivity (Wildman–Crippen MR) is 353 cm³/mol. The van der Waals surface area contributed by atoms with Crippen LogP contribution in [0, 0.1) is 0 Å². The third-order valence-electron chi connectivity index (χ3n) is 13.6. The highest BCUT2D eigenvalue weighted by Crippen LogP contribution is 2.43. The van der Waals surface area contributed by atoms with Crippen LogP contribution in [0.1, 0.15) is 265 Å². The summed E-state index contributed by atoms with van der Waals surface area (Å²) in [5.74, 6) is -1.61. The summed E-state index contributed by atoms with van der Waals surface area (Å²) in [4.78, 5) is 48.8. The monoisotopic (exact) mass is 1190 g/mol. The molecular formula is C72H119O11P. The zero-order chi connectivity index (χ0) is 61.2. The summed E-state index contributed by atoms with van der Waals surface area (Å²) in [6.45, 7) is 4.32. The van der Waals surface area contributed by atoms with Crippen molar-refractivity contribution in [2.45, 2.75) is 277 Å². The van der Waals surface area contributed by atoms with E-state index in [2.05, 4.69) is 142 Å². The first-order valence-electron chi connectivity index (χ1n) is 33.1. The molecule has 3 atom stereocenters. The molecule has 2 N–H and O–H groups in total. The Labute approximate surface area is 512 Å². The van der Waals surface area contributed by atoms with Gasteiger partial charge in [-0.1, -0.05) is 276 Å². The summed E-state index contributed by atoms with van der Waals surface area (Å²) in [5, 5.41) is 9.87. The fourth-order valence-electron chi connectivity index (χ4n) is 8.65. The smallest absolute Gasteiger partial charge is 0.462 e. The van der Waals surface area contributed by atoms with Crippen molar-refractivity contribution in [1.29, 1.82) is 0 Å². The summed E-state index contributed by atoms with van der Waals surface area (Å²) in [6.07, 6.45) is 82.8. The van der Waals surface area contributed by atoms with Crippen molar-refractivity contribution < 1.29 is 52.2 Å². The van der Waals surface area contributed by atoms with Crippen LogP contribution in [0.3, 0.4) is 0 Å². The average Bonchev–Trinajstić information content (AvgIpc) is 3.53. The van der Waals surface area contributed by atoms with Crippen LogP contribution in [0.2, 0.25) is 0 Å². The first-order chi connectivity index (χ1) is 41.2. The van der Waals surface area contributed by atoms with Gasteiger partial charge in [0.15, 0.2) is 6.10 Å². The van der Waals surface area contributed by atoms with Gasteiger partial charge in [0.05, 0.1) is 19.8 Å². The van der Waals surface area contributed by atoms with Crippen molar-refractivity contribution >= 4 is 25.7 Å². The number of carbonyl (C=O) groups excluding carboxylic acids is 3. The Morgan fingerprint density at radius 3 is 1.02 bits per heavy atom. The van der Waals surface area contributed by atoms with Gasteiger partial charge >= 0.3 is 25.7 Å². The third kappa shape index (κ3) is 62.2. The van der Waals surface area contributed by atoms with Crippen molar-refractivity contribution in [1.82, 2.24) is 0 Å². The molecule has 0 aromatic heterocycles. The van der Waals surface area contributed by atoms with E-state index in [0.717, 1.165) is 103 Å². The molecule has 0 aromatic rings. The number of ether oxygens (including phenoxy) is 3. The minimum Gasteiger partial charge on any atom is -0.462 e. The van der Waals surface area contributed by atoms with E-state index in [1.807, 2.05) is 12.2 Å². The highest BCUT2D eigenvalue weighted by atomic mass is 31.2. The maximum Gasteiger partial charge on any atom is 0.472 e. The Balaban J connectivity index is 4.83. The number of phosphoric acid groups is 1. The molecule has 0 radical (unpaired) electrons. The van der Waals surface area contributed by atoms with E-state index < -0.39 is 57.8 Å². The van der Waals surface area contributed by atoms with Crippen molar-refractivity contribution in [3.8, 4) is 0 Å². The molecule has 0 aromatic carbocycles. The number of rotatable bonds is 60. The molecule has 0 saturated heterocycles. The van der Waals surface area contributed by atoms with Crippen LogP contribution >= 0.6 is 7.82 Å². The van der Waals surface area contributed by atoms with Crippen LogP contribution in [-0.4, -0.2) is 66.5 Å². The molecule has 0 aliphatic carbocycles. The Kier molecular flexibility index (Phi) is 61.2. The van der Waals surface area contributed by atoms with E-state index >= 15 is 0 Å². The van der Waals surface area contributed by atoms with Crippen molar-refractivity contribution in [3.05, 3.63) is 134 Å². The molecule has 0 amide bonds. The largest absolute Gasteiger partial charge is 0.472 e. The molecule has 0 heterocycles. The number of phosphoric ester groups is 1. The fraction of sp³-hybridized carbons (Fsp3) is 0.653. The van der Waals surface area contributed by atoms with E-state index in [1.165, 1.54) is 96.3 Å². The van der Waals surface area contributed by atoms with Crippen molar-refractivity contribution in [2.24, 2.45) is 0 Å². The second kappa shape index (κ2) is 64.6. The lowest BCUT2D eigenvalue weighted by Crippen LogP contribution is -2.30. The molecule has 0 rings (SSSR count). The lowest BCUT2D eigenvalue weighted by Gasteiger charge is -2.21. The zero-order valence-corrected chi connectivity index (χ0v) is 54.0. The topological polar surface area (TPSA) is 155 Å². The van der Waals surface area contributed by atoms with Gasteiger partial charge in [0.1, 0.15) is 12.7 Å². The molecule has 478 valence electrons. The molecule has 3 unspecified atom stereocenters. The van der Waals surface area contributed by atoms with Crippen LogP contribution in [0.4, 0.5) is 0 Å². The van der Waals surface area contributed by atoms with E-state index in [9.17, 15) is 28.9 Å². The number of esters is 3. The Morgan fingerprint density at radius 1 is 0.345 bits per heavy atom. The average molecular weight is 1190 g/mol. The van der Waals surface area contributed by atoms with Crippen LogP contribution < -0.4 is 0 Å². The number of hydrogen-bond acceptors (Lipinski definition) is 10. The van der Waals surface area contributed by atoms with Gasteiger partial charge < -0.3 is 24.2 Å². The lowest BCUT2D eigenvalue weighted by molar-refractivity contribution is -0.161. The first kappa shape index (κ1) is 79.6. The molecule has 0 aliphatic heterocycles. The Hall–Kier alpha value is -4.38. The standard InChI is InChI=1S/C72H119O11P/c1-4-7-10-13-16-19-22-25-28-31-34-37-40-43-46-49-52-55-58-61-70(74)79-65-69(83-72(76)63-60-57-54-51-48-45-42-39-36-33-30-27-24-21-18-15-12-9-6-3)67-81-84(77,78)80-66-68(64-73)82-71(75)62-59-56-53-50-47-44-41-38-35-32-29-26-23-20-17-14-11-8-5-2/h7,9-10,12,16,18-19,21,25,27-28,30,34,36-37,39,43,45-46,48,54,57,68-69,73H,4-6,8,11,13-15,17,20,22-24,26,29,31-33,35,38,40-42,44,47,49-53,55-56,58-67H2,1-3H3,(H,77,78)/b10-7-,12-9-,19-16-,21-18-,28-25-,30-27-,37-34-,39-36-,46-43-,48-45-,57-54-. The number of carbonyl (C=O) groups is 3. The molecule has 12 heteroatoms. The van der Waals surface area contributed by atoms with Gasteiger partial charge in [0, 0.05) is 19.3 Å². The SMILES string of the molecule is CC/C=C\C/C=C\C/C=C\C/C=C\C/C=C\C/C=C\CCC(=O)OC(COC(=O)CCCCC/C=C\C/C=C\C/C=C\C/C=C\C/C=C\CC)COP(=O)(O)OCC(CO)OC(=O)CCCCCCCCCCCCCCCCCCCCC. The van der Waals surface area contributed by atoms with E-state index in [4.69, 9.17) is 23.3 Å². The van der Waals surface area contributed by atoms with E-state index in [1.54, 1.807) is 0 Å². The molecule has 0 fully saturated rings. The first-order valence-corrected chi connectivity index (χ1v) is 34.6. The van der Waals surface area contributed by atoms with Crippen LogP contribution in [0.25, 0.3) is 0 Å². The number of aliphatic hydroxyl groups is 1. The lowest BCUT2D eigenvalue weighted by atomic mass is 10.0. The minimum absolute atomic E-state index is 0.0286.